The molecular formula is C9H10F2N2O2. The van der Waals surface area contributed by atoms with Gasteiger partial charge in [0.2, 0.25) is 0 Å². The second-order valence-electron chi connectivity index (χ2n) is 2.97. The van der Waals surface area contributed by atoms with Gasteiger partial charge in [-0.2, -0.15) is 0 Å². The molecule has 0 unspecified atom stereocenters. The van der Waals surface area contributed by atoms with E-state index in [9.17, 15) is 13.6 Å². The van der Waals surface area contributed by atoms with E-state index in [0.29, 0.717) is 0 Å². The number of alkyl halides is 2. The van der Waals surface area contributed by atoms with Crippen molar-refractivity contribution in [1.82, 2.24) is 4.98 Å². The lowest BCUT2D eigenvalue weighted by atomic mass is 10.0. The molecular weight excluding hydrogens is 206 g/mol. The van der Waals surface area contributed by atoms with Crippen molar-refractivity contribution in [3.05, 3.63) is 28.6 Å². The summed E-state index contributed by atoms with van der Waals surface area (Å²) in [5, 5.41) is 8.72. The number of aromatic carboxylic acids is 1. The second-order valence-corrected chi connectivity index (χ2v) is 2.97. The van der Waals surface area contributed by atoms with E-state index in [2.05, 4.69) is 4.98 Å². The molecule has 4 nitrogen and oxygen atoms in total. The first-order valence-corrected chi connectivity index (χ1v) is 4.19. The number of carboxylic acids is 1. The van der Waals surface area contributed by atoms with Crippen molar-refractivity contribution >= 4 is 5.97 Å². The number of aromatic nitrogens is 1. The minimum atomic E-state index is -2.77. The van der Waals surface area contributed by atoms with Gasteiger partial charge in [-0.3, -0.25) is 4.98 Å². The van der Waals surface area contributed by atoms with Crippen LogP contribution in [0.2, 0.25) is 0 Å². The van der Waals surface area contributed by atoms with Crippen molar-refractivity contribution in [3.63, 3.8) is 0 Å². The van der Waals surface area contributed by atoms with Crippen molar-refractivity contribution in [2.75, 3.05) is 0 Å². The molecule has 0 spiro atoms. The molecule has 1 aromatic rings. The number of hydrogen-bond acceptors (Lipinski definition) is 3. The molecule has 0 amide bonds. The molecule has 82 valence electrons. The number of carboxylic acid groups (broad SMARTS) is 1. The molecule has 1 aromatic heterocycles. The highest BCUT2D eigenvalue weighted by molar-refractivity contribution is 5.89. The van der Waals surface area contributed by atoms with Crippen LogP contribution < -0.4 is 5.73 Å². The standard InChI is InChI=1S/C9H10F2N2O2/c1-4-5(9(14)15)3-13-6(2-12)7(4)8(10)11/h3,8H,2,12H2,1H3,(H,14,15). The minimum absolute atomic E-state index is 0.0213. The first kappa shape index (κ1) is 11.5. The fourth-order valence-corrected chi connectivity index (χ4v) is 1.34. The van der Waals surface area contributed by atoms with Crippen molar-refractivity contribution in [2.45, 2.75) is 19.9 Å². The third-order valence-corrected chi connectivity index (χ3v) is 2.11. The van der Waals surface area contributed by atoms with Gasteiger partial charge in [0.25, 0.3) is 6.43 Å². The molecule has 1 heterocycles. The van der Waals surface area contributed by atoms with Crippen molar-refractivity contribution in [3.8, 4) is 0 Å². The fraction of sp³-hybridized carbons (Fsp3) is 0.333. The van der Waals surface area contributed by atoms with Crippen LogP contribution in [0.5, 0.6) is 0 Å². The smallest absolute Gasteiger partial charge is 0.337 e. The molecule has 0 bridgehead atoms. The summed E-state index contributed by atoms with van der Waals surface area (Å²) in [5.74, 6) is -1.27. The number of hydrogen-bond donors (Lipinski definition) is 2. The molecule has 0 aromatic carbocycles. The summed E-state index contributed by atoms with van der Waals surface area (Å²) in [4.78, 5) is 14.3. The Morgan fingerprint density at radius 3 is 2.67 bits per heavy atom. The van der Waals surface area contributed by atoms with Gasteiger partial charge >= 0.3 is 5.97 Å². The maximum atomic E-state index is 12.6. The third-order valence-electron chi connectivity index (χ3n) is 2.11. The second kappa shape index (κ2) is 4.31. The van der Waals surface area contributed by atoms with Crippen LogP contribution in [-0.4, -0.2) is 16.1 Å². The SMILES string of the molecule is Cc1c(C(=O)O)cnc(CN)c1C(F)F. The zero-order valence-electron chi connectivity index (χ0n) is 8.00. The van der Waals surface area contributed by atoms with Crippen LogP contribution in [0.15, 0.2) is 6.20 Å². The van der Waals surface area contributed by atoms with Crippen LogP contribution in [-0.2, 0) is 6.54 Å². The highest BCUT2D eigenvalue weighted by Crippen LogP contribution is 2.27. The first-order chi connectivity index (χ1) is 6.99. The molecule has 3 N–H and O–H groups in total. The highest BCUT2D eigenvalue weighted by atomic mass is 19.3. The van der Waals surface area contributed by atoms with Crippen LogP contribution in [0.25, 0.3) is 0 Å². The molecule has 0 aliphatic heterocycles. The van der Waals surface area contributed by atoms with E-state index in [4.69, 9.17) is 10.8 Å². The van der Waals surface area contributed by atoms with E-state index < -0.39 is 12.4 Å². The molecule has 0 atom stereocenters. The lowest BCUT2D eigenvalue weighted by Gasteiger charge is -2.11. The van der Waals surface area contributed by atoms with E-state index in [1.807, 2.05) is 0 Å². The number of halogens is 2. The Labute approximate surface area is 84.7 Å². The van der Waals surface area contributed by atoms with Gasteiger partial charge in [0.15, 0.2) is 0 Å². The average Bonchev–Trinajstić information content (AvgIpc) is 2.15. The van der Waals surface area contributed by atoms with Gasteiger partial charge in [-0.15, -0.1) is 0 Å². The molecule has 0 saturated carbocycles. The normalized spacial score (nSPS) is 10.7. The largest absolute Gasteiger partial charge is 0.478 e. The van der Waals surface area contributed by atoms with Gasteiger partial charge in [0.05, 0.1) is 11.3 Å². The zero-order valence-corrected chi connectivity index (χ0v) is 8.00. The molecule has 0 aliphatic carbocycles. The molecule has 0 saturated heterocycles. The lowest BCUT2D eigenvalue weighted by molar-refractivity contribution is 0.0695. The summed E-state index contributed by atoms with van der Waals surface area (Å²) in [6, 6.07) is 0. The Kier molecular flexibility index (Phi) is 3.31. The maximum absolute atomic E-state index is 12.6. The summed E-state index contributed by atoms with van der Waals surface area (Å²) in [6.07, 6.45) is -1.72. The van der Waals surface area contributed by atoms with Gasteiger partial charge in [-0.25, -0.2) is 13.6 Å². The van der Waals surface area contributed by atoms with E-state index in [-0.39, 0.29) is 28.9 Å². The van der Waals surface area contributed by atoms with E-state index >= 15 is 0 Å². The Hall–Kier alpha value is -1.56. The summed E-state index contributed by atoms with van der Waals surface area (Å²) in [6.45, 7) is 1.19. The third kappa shape index (κ3) is 2.10. The predicted molar refractivity (Wildman–Crippen MR) is 48.8 cm³/mol. The van der Waals surface area contributed by atoms with E-state index in [0.717, 1.165) is 6.20 Å². The van der Waals surface area contributed by atoms with Crippen LogP contribution in [0.3, 0.4) is 0 Å². The van der Waals surface area contributed by atoms with Gasteiger partial charge in [-0.1, -0.05) is 0 Å². The van der Waals surface area contributed by atoms with Gasteiger partial charge in [-0.05, 0) is 12.5 Å². The number of nitrogens with zero attached hydrogens (tertiary/aromatic N) is 1. The van der Waals surface area contributed by atoms with Crippen molar-refractivity contribution in [1.29, 1.82) is 0 Å². The number of nitrogens with two attached hydrogens (primary N) is 1. The average molecular weight is 216 g/mol. The van der Waals surface area contributed by atoms with Crippen molar-refractivity contribution < 1.29 is 18.7 Å². The highest BCUT2D eigenvalue weighted by Gasteiger charge is 2.21. The molecule has 1 rings (SSSR count). The van der Waals surface area contributed by atoms with E-state index in [1.165, 1.54) is 6.92 Å². The van der Waals surface area contributed by atoms with E-state index in [1.54, 1.807) is 0 Å². The molecule has 0 radical (unpaired) electrons. The summed E-state index contributed by atoms with van der Waals surface area (Å²) >= 11 is 0. The Morgan fingerprint density at radius 2 is 2.27 bits per heavy atom. The van der Waals surface area contributed by atoms with Gasteiger partial charge in [0.1, 0.15) is 0 Å². The Bertz CT molecular complexity index is 394. The van der Waals surface area contributed by atoms with Crippen LogP contribution in [0.1, 0.15) is 33.6 Å². The molecule has 0 fully saturated rings. The van der Waals surface area contributed by atoms with Crippen LogP contribution >= 0.6 is 0 Å². The zero-order chi connectivity index (χ0) is 11.6. The Balaban J connectivity index is 3.42. The topological polar surface area (TPSA) is 76.2 Å². The number of carbonyl (C=O) groups is 1. The number of pyridine rings is 1. The monoisotopic (exact) mass is 216 g/mol. The summed E-state index contributed by atoms with van der Waals surface area (Å²) in [5.41, 5.74) is 4.70. The summed E-state index contributed by atoms with van der Waals surface area (Å²) < 4.78 is 25.3. The maximum Gasteiger partial charge on any atom is 0.337 e. The van der Waals surface area contributed by atoms with Crippen molar-refractivity contribution in [2.24, 2.45) is 5.73 Å². The number of rotatable bonds is 3. The summed E-state index contributed by atoms with van der Waals surface area (Å²) in [7, 11) is 0. The van der Waals surface area contributed by atoms with Crippen LogP contribution in [0, 0.1) is 6.92 Å². The predicted octanol–water partition coefficient (Wildman–Crippen LogP) is 1.48. The lowest BCUT2D eigenvalue weighted by Crippen LogP contribution is -2.11. The molecule has 0 aliphatic rings. The van der Waals surface area contributed by atoms with Gasteiger partial charge in [0, 0.05) is 18.3 Å². The molecule has 15 heavy (non-hydrogen) atoms. The minimum Gasteiger partial charge on any atom is -0.478 e. The Morgan fingerprint density at radius 1 is 1.67 bits per heavy atom. The first-order valence-electron chi connectivity index (χ1n) is 4.19. The van der Waals surface area contributed by atoms with Crippen LogP contribution in [0.4, 0.5) is 8.78 Å². The quantitative estimate of drug-likeness (QED) is 0.802. The van der Waals surface area contributed by atoms with Gasteiger partial charge < -0.3 is 10.8 Å². The molecule has 6 heteroatoms. The fourth-order valence-electron chi connectivity index (χ4n) is 1.34.